The van der Waals surface area contributed by atoms with Gasteiger partial charge in [0.15, 0.2) is 0 Å². The molecule has 0 saturated carbocycles. The van der Waals surface area contributed by atoms with Crippen LogP contribution in [0.4, 0.5) is 5.95 Å². The second-order valence-corrected chi connectivity index (χ2v) is 7.69. The third kappa shape index (κ3) is 3.03. The Bertz CT molecular complexity index is 1250. The van der Waals surface area contributed by atoms with Gasteiger partial charge in [0.25, 0.3) is 0 Å². The van der Waals surface area contributed by atoms with Gasteiger partial charge in [-0.2, -0.15) is 0 Å². The van der Waals surface area contributed by atoms with Crippen molar-refractivity contribution in [1.82, 2.24) is 19.8 Å². The number of para-hydroxylation sites is 2. The zero-order chi connectivity index (χ0) is 20.8. The van der Waals surface area contributed by atoms with E-state index in [1.165, 1.54) is 0 Å². The molecule has 0 amide bonds. The van der Waals surface area contributed by atoms with Gasteiger partial charge < -0.3 is 14.5 Å². The fourth-order valence-corrected chi connectivity index (χ4v) is 4.25. The van der Waals surface area contributed by atoms with E-state index in [0.29, 0.717) is 19.9 Å². The summed E-state index contributed by atoms with van der Waals surface area (Å²) in [5.74, 6) is 3.47. The van der Waals surface area contributed by atoms with E-state index in [9.17, 15) is 0 Å². The molecular weight excluding hydrogens is 392 g/mol. The molecular formula is C23H22N6O2. The summed E-state index contributed by atoms with van der Waals surface area (Å²) in [5.41, 5.74) is 3.15. The molecule has 0 aliphatic carbocycles. The number of imidazole rings is 1. The number of fused-ring (bicyclic) bond motifs is 5. The summed E-state index contributed by atoms with van der Waals surface area (Å²) >= 11 is 0. The van der Waals surface area contributed by atoms with Crippen LogP contribution in [0.15, 0.2) is 76.3 Å². The SMILES string of the molecule is COc1ccc([C@H]2NC3=NCN(Cc4ccco4)CN3c3nc4ccccc4n32)cc1. The van der Waals surface area contributed by atoms with Crippen molar-refractivity contribution in [2.75, 3.05) is 25.3 Å². The molecule has 6 rings (SSSR count). The molecule has 0 unspecified atom stereocenters. The fourth-order valence-electron chi connectivity index (χ4n) is 4.25. The number of ether oxygens (including phenoxy) is 1. The van der Waals surface area contributed by atoms with Gasteiger partial charge in [-0.3, -0.25) is 14.4 Å². The molecule has 0 fully saturated rings. The molecule has 0 spiro atoms. The van der Waals surface area contributed by atoms with Crippen molar-refractivity contribution in [3.63, 3.8) is 0 Å². The van der Waals surface area contributed by atoms with Gasteiger partial charge in [0.05, 0.1) is 44.3 Å². The maximum Gasteiger partial charge on any atom is 0.216 e. The molecule has 1 atom stereocenters. The zero-order valence-electron chi connectivity index (χ0n) is 17.1. The van der Waals surface area contributed by atoms with E-state index in [1.54, 1.807) is 13.4 Å². The maximum absolute atomic E-state index is 5.53. The van der Waals surface area contributed by atoms with Crippen molar-refractivity contribution < 1.29 is 9.15 Å². The number of rotatable bonds is 4. The lowest BCUT2D eigenvalue weighted by molar-refractivity contribution is 0.243. The van der Waals surface area contributed by atoms with Crippen LogP contribution in [0, 0.1) is 0 Å². The van der Waals surface area contributed by atoms with Gasteiger partial charge >= 0.3 is 0 Å². The first-order valence-corrected chi connectivity index (χ1v) is 10.2. The Morgan fingerprint density at radius 1 is 1.10 bits per heavy atom. The number of anilines is 1. The molecule has 2 aromatic heterocycles. The van der Waals surface area contributed by atoms with E-state index in [-0.39, 0.29) is 6.17 Å². The lowest BCUT2D eigenvalue weighted by atomic mass is 10.1. The number of aromatic nitrogens is 2. The molecule has 8 heteroatoms. The van der Waals surface area contributed by atoms with Gasteiger partial charge in [0, 0.05) is 0 Å². The molecule has 4 aromatic rings. The number of hydrogen-bond donors (Lipinski definition) is 1. The lowest BCUT2D eigenvalue weighted by Gasteiger charge is -2.41. The van der Waals surface area contributed by atoms with Gasteiger partial charge in [0.1, 0.15) is 17.7 Å². The summed E-state index contributed by atoms with van der Waals surface area (Å²) in [6.07, 6.45) is 1.59. The summed E-state index contributed by atoms with van der Waals surface area (Å²) in [4.78, 5) is 14.2. The molecule has 0 radical (unpaired) electrons. The van der Waals surface area contributed by atoms with Crippen LogP contribution < -0.4 is 15.0 Å². The lowest BCUT2D eigenvalue weighted by Crippen LogP contribution is -2.57. The monoisotopic (exact) mass is 414 g/mol. The molecule has 2 aliphatic rings. The Hall–Kier alpha value is -3.78. The van der Waals surface area contributed by atoms with E-state index < -0.39 is 0 Å². The van der Waals surface area contributed by atoms with Crippen LogP contribution in [0.1, 0.15) is 17.5 Å². The third-order valence-corrected chi connectivity index (χ3v) is 5.75. The molecule has 0 bridgehead atoms. The standard InChI is InChI=1S/C23H22N6O2/c1-30-17-10-8-16(9-11-17)21-26-22-24-14-27(13-18-5-4-12-31-18)15-28(22)23-25-19-6-2-3-7-20(19)29(21)23/h2-12,21H,13-15H2,1H3,(H,24,26)/t21-/m0/s1. The minimum atomic E-state index is -0.111. The second kappa shape index (κ2) is 7.17. The number of guanidine groups is 1. The smallest absolute Gasteiger partial charge is 0.216 e. The van der Waals surface area contributed by atoms with Crippen LogP contribution in [0.2, 0.25) is 0 Å². The van der Waals surface area contributed by atoms with Crippen molar-refractivity contribution in [1.29, 1.82) is 0 Å². The Labute approximate surface area is 179 Å². The van der Waals surface area contributed by atoms with Gasteiger partial charge in [-0.15, -0.1) is 0 Å². The minimum absolute atomic E-state index is 0.111. The zero-order valence-corrected chi connectivity index (χ0v) is 17.1. The van der Waals surface area contributed by atoms with Gasteiger partial charge in [-0.05, 0) is 42.0 Å². The summed E-state index contributed by atoms with van der Waals surface area (Å²) in [5, 5.41) is 3.63. The van der Waals surface area contributed by atoms with Crippen LogP contribution in [-0.2, 0) is 6.54 Å². The number of nitrogens with one attached hydrogen (secondary N) is 1. The number of hydrogen-bond acceptors (Lipinski definition) is 7. The molecule has 156 valence electrons. The Morgan fingerprint density at radius 2 is 1.97 bits per heavy atom. The number of methoxy groups -OCH3 is 1. The predicted molar refractivity (Wildman–Crippen MR) is 118 cm³/mol. The summed E-state index contributed by atoms with van der Waals surface area (Å²) in [6, 6.07) is 20.2. The molecule has 2 aliphatic heterocycles. The Kier molecular flexibility index (Phi) is 4.17. The van der Waals surface area contributed by atoms with Crippen LogP contribution in [0.3, 0.4) is 0 Å². The minimum Gasteiger partial charge on any atom is -0.497 e. The number of furan rings is 1. The van der Waals surface area contributed by atoms with Crippen molar-refractivity contribution in [3.8, 4) is 5.75 Å². The molecule has 4 heterocycles. The highest BCUT2D eigenvalue weighted by Gasteiger charge is 2.35. The number of nitrogens with zero attached hydrogens (tertiary/aromatic N) is 5. The largest absolute Gasteiger partial charge is 0.497 e. The second-order valence-electron chi connectivity index (χ2n) is 7.69. The van der Waals surface area contributed by atoms with E-state index in [4.69, 9.17) is 19.1 Å². The quantitative estimate of drug-likeness (QED) is 0.552. The highest BCUT2D eigenvalue weighted by molar-refractivity contribution is 5.98. The summed E-state index contributed by atoms with van der Waals surface area (Å²) in [6.45, 7) is 1.96. The molecule has 8 nitrogen and oxygen atoms in total. The normalized spacial score (nSPS) is 18.3. The van der Waals surface area contributed by atoms with Crippen molar-refractivity contribution >= 4 is 22.9 Å². The first-order chi connectivity index (χ1) is 15.3. The van der Waals surface area contributed by atoms with E-state index in [0.717, 1.165) is 40.0 Å². The van der Waals surface area contributed by atoms with Gasteiger partial charge in [-0.25, -0.2) is 9.98 Å². The Morgan fingerprint density at radius 3 is 2.77 bits per heavy atom. The maximum atomic E-state index is 5.53. The average Bonchev–Trinajstić information content (AvgIpc) is 3.47. The summed E-state index contributed by atoms with van der Waals surface area (Å²) in [7, 11) is 1.68. The van der Waals surface area contributed by atoms with Crippen LogP contribution >= 0.6 is 0 Å². The molecule has 31 heavy (non-hydrogen) atoms. The first kappa shape index (κ1) is 18.0. The van der Waals surface area contributed by atoms with E-state index >= 15 is 0 Å². The van der Waals surface area contributed by atoms with Gasteiger partial charge in [0.2, 0.25) is 11.9 Å². The van der Waals surface area contributed by atoms with Crippen molar-refractivity contribution in [3.05, 3.63) is 78.3 Å². The highest BCUT2D eigenvalue weighted by Crippen LogP contribution is 2.34. The van der Waals surface area contributed by atoms with Crippen LogP contribution in [0.25, 0.3) is 11.0 Å². The van der Waals surface area contributed by atoms with Crippen molar-refractivity contribution in [2.24, 2.45) is 4.99 Å². The van der Waals surface area contributed by atoms with Crippen LogP contribution in [-0.4, -0.2) is 40.9 Å². The van der Waals surface area contributed by atoms with Gasteiger partial charge in [-0.1, -0.05) is 24.3 Å². The van der Waals surface area contributed by atoms with E-state index in [2.05, 4.69) is 37.9 Å². The first-order valence-electron chi connectivity index (χ1n) is 10.2. The van der Waals surface area contributed by atoms with Crippen LogP contribution in [0.5, 0.6) is 5.75 Å². The summed E-state index contributed by atoms with van der Waals surface area (Å²) < 4.78 is 13.1. The number of benzene rings is 2. The highest BCUT2D eigenvalue weighted by atomic mass is 16.5. The average molecular weight is 414 g/mol. The fraction of sp³-hybridized carbons (Fsp3) is 0.217. The Balaban J connectivity index is 1.42. The van der Waals surface area contributed by atoms with Crippen molar-refractivity contribution in [2.45, 2.75) is 12.7 Å². The number of aliphatic imine (C=N–C) groups is 1. The molecule has 0 saturated heterocycles. The third-order valence-electron chi connectivity index (χ3n) is 5.75. The predicted octanol–water partition coefficient (Wildman–Crippen LogP) is 3.38. The van der Waals surface area contributed by atoms with E-state index in [1.807, 2.05) is 42.5 Å². The topological polar surface area (TPSA) is 71.1 Å². The molecule has 1 N–H and O–H groups in total. The molecule has 2 aromatic carbocycles.